The lowest BCUT2D eigenvalue weighted by atomic mass is 9.75. The predicted octanol–water partition coefficient (Wildman–Crippen LogP) is 5.84. The smallest absolute Gasteiger partial charge is 0.0783 e. The fourth-order valence-corrected chi connectivity index (χ4v) is 3.91. The molecule has 1 aromatic rings. The zero-order valence-corrected chi connectivity index (χ0v) is 14.7. The Balaban J connectivity index is 1.95. The van der Waals surface area contributed by atoms with Gasteiger partial charge in [0, 0.05) is 10.4 Å². The van der Waals surface area contributed by atoms with Crippen LogP contribution in [0.2, 0.25) is 5.02 Å². The Bertz CT molecular complexity index is 425. The molecule has 0 N–H and O–H groups in total. The molecule has 1 nitrogen and oxygen atoms in total. The van der Waals surface area contributed by atoms with Gasteiger partial charge in [0.2, 0.25) is 0 Å². The largest absolute Gasteiger partial charge is 0.369 e. The van der Waals surface area contributed by atoms with E-state index in [4.69, 9.17) is 16.3 Å². The van der Waals surface area contributed by atoms with Gasteiger partial charge in [0.1, 0.15) is 0 Å². The van der Waals surface area contributed by atoms with E-state index in [9.17, 15) is 0 Å². The zero-order chi connectivity index (χ0) is 14.6. The summed E-state index contributed by atoms with van der Waals surface area (Å²) in [5.74, 6) is 1.64. The van der Waals surface area contributed by atoms with Crippen molar-refractivity contribution in [1.82, 2.24) is 0 Å². The van der Waals surface area contributed by atoms with Gasteiger partial charge in [0.15, 0.2) is 0 Å². The Labute approximate surface area is 136 Å². The third kappa shape index (κ3) is 3.99. The number of benzene rings is 1. The first kappa shape index (κ1) is 16.3. The van der Waals surface area contributed by atoms with E-state index in [1.54, 1.807) is 0 Å². The highest BCUT2D eigenvalue weighted by atomic mass is 79.9. The standard InChI is InChI=1S/C17H24BrClO/c1-13(2)14-7-9-17(12-18,10-8-14)20-11-15-5-3-4-6-16(15)19/h3-6,13-14H,7-12H2,1-2H3. The molecule has 1 fully saturated rings. The van der Waals surface area contributed by atoms with E-state index in [1.807, 2.05) is 24.3 Å². The summed E-state index contributed by atoms with van der Waals surface area (Å²) < 4.78 is 6.28. The van der Waals surface area contributed by atoms with Crippen LogP contribution >= 0.6 is 27.5 Å². The minimum Gasteiger partial charge on any atom is -0.369 e. The SMILES string of the molecule is CC(C)C1CCC(CBr)(OCc2ccccc2Cl)CC1. The van der Waals surface area contributed by atoms with Gasteiger partial charge < -0.3 is 4.74 Å². The highest BCUT2D eigenvalue weighted by molar-refractivity contribution is 9.09. The van der Waals surface area contributed by atoms with Crippen molar-refractivity contribution in [2.75, 3.05) is 5.33 Å². The molecule has 3 heteroatoms. The van der Waals surface area contributed by atoms with Crippen molar-refractivity contribution in [2.45, 2.75) is 51.7 Å². The van der Waals surface area contributed by atoms with Gasteiger partial charge in [-0.1, -0.05) is 59.6 Å². The normalized spacial score (nSPS) is 26.9. The highest BCUT2D eigenvalue weighted by Crippen LogP contribution is 2.39. The summed E-state index contributed by atoms with van der Waals surface area (Å²) in [4.78, 5) is 0. The fraction of sp³-hybridized carbons (Fsp3) is 0.647. The van der Waals surface area contributed by atoms with Crippen LogP contribution in [0.1, 0.15) is 45.1 Å². The topological polar surface area (TPSA) is 9.23 Å². The minimum atomic E-state index is -0.00936. The highest BCUT2D eigenvalue weighted by Gasteiger charge is 2.36. The summed E-state index contributed by atoms with van der Waals surface area (Å²) in [5, 5.41) is 1.71. The van der Waals surface area contributed by atoms with E-state index >= 15 is 0 Å². The second kappa shape index (κ2) is 7.29. The van der Waals surface area contributed by atoms with Gasteiger partial charge in [-0.3, -0.25) is 0 Å². The maximum absolute atomic E-state index is 6.28. The Morgan fingerprint density at radius 2 is 1.95 bits per heavy atom. The summed E-state index contributed by atoms with van der Waals surface area (Å²) in [6.45, 7) is 5.27. The second-order valence-corrected chi connectivity index (χ2v) is 7.25. The molecule has 1 aliphatic rings. The Kier molecular flexibility index (Phi) is 5.95. The molecular weight excluding hydrogens is 336 g/mol. The van der Waals surface area contributed by atoms with Gasteiger partial charge >= 0.3 is 0 Å². The fourth-order valence-electron chi connectivity index (χ4n) is 3.00. The number of alkyl halides is 1. The molecule has 0 radical (unpaired) electrons. The second-order valence-electron chi connectivity index (χ2n) is 6.28. The molecule has 2 rings (SSSR count). The summed E-state index contributed by atoms with van der Waals surface area (Å²) in [7, 11) is 0. The van der Waals surface area contributed by atoms with Crippen LogP contribution in [0.25, 0.3) is 0 Å². The Morgan fingerprint density at radius 1 is 1.30 bits per heavy atom. The van der Waals surface area contributed by atoms with Gasteiger partial charge in [-0.2, -0.15) is 0 Å². The number of hydrogen-bond donors (Lipinski definition) is 0. The summed E-state index contributed by atoms with van der Waals surface area (Å²) in [5.41, 5.74) is 1.07. The van der Waals surface area contributed by atoms with Crippen molar-refractivity contribution in [3.63, 3.8) is 0 Å². The van der Waals surface area contributed by atoms with Gasteiger partial charge in [-0.05, 0) is 49.1 Å². The first-order chi connectivity index (χ1) is 9.56. The molecule has 112 valence electrons. The molecule has 0 amide bonds. The van der Waals surface area contributed by atoms with E-state index < -0.39 is 0 Å². The summed E-state index contributed by atoms with van der Waals surface area (Å²) >= 11 is 9.86. The lowest BCUT2D eigenvalue weighted by Crippen LogP contribution is -2.39. The van der Waals surface area contributed by atoms with E-state index in [0.29, 0.717) is 6.61 Å². The molecule has 0 bridgehead atoms. The monoisotopic (exact) mass is 358 g/mol. The first-order valence-corrected chi connectivity index (χ1v) is 8.99. The molecular formula is C17H24BrClO. The van der Waals surface area contributed by atoms with Gasteiger partial charge in [-0.25, -0.2) is 0 Å². The Morgan fingerprint density at radius 3 is 2.50 bits per heavy atom. The van der Waals surface area contributed by atoms with E-state index in [2.05, 4.69) is 29.8 Å². The molecule has 0 atom stereocenters. The molecule has 1 saturated carbocycles. The van der Waals surface area contributed by atoms with Gasteiger partial charge in [0.25, 0.3) is 0 Å². The Hall–Kier alpha value is -0.0500. The van der Waals surface area contributed by atoms with Crippen LogP contribution in [0.4, 0.5) is 0 Å². The summed E-state index contributed by atoms with van der Waals surface area (Å²) in [6, 6.07) is 7.95. The molecule has 0 unspecified atom stereocenters. The molecule has 1 aromatic carbocycles. The lowest BCUT2D eigenvalue weighted by molar-refractivity contribution is -0.0731. The van der Waals surface area contributed by atoms with E-state index in [-0.39, 0.29) is 5.60 Å². The van der Waals surface area contributed by atoms with Crippen LogP contribution in [0, 0.1) is 11.8 Å². The number of hydrogen-bond acceptors (Lipinski definition) is 1. The van der Waals surface area contributed by atoms with Crippen LogP contribution in [0.15, 0.2) is 24.3 Å². The van der Waals surface area contributed by atoms with E-state index in [1.165, 1.54) is 12.8 Å². The quantitative estimate of drug-likeness (QED) is 0.600. The molecule has 0 aliphatic heterocycles. The zero-order valence-electron chi connectivity index (χ0n) is 12.4. The number of ether oxygens (including phenoxy) is 1. The van der Waals surface area contributed by atoms with Crippen molar-refractivity contribution < 1.29 is 4.74 Å². The average Bonchev–Trinajstić information content (AvgIpc) is 2.47. The van der Waals surface area contributed by atoms with Crippen molar-refractivity contribution in [2.24, 2.45) is 11.8 Å². The molecule has 1 aliphatic carbocycles. The maximum Gasteiger partial charge on any atom is 0.0783 e. The number of rotatable bonds is 5. The minimum absolute atomic E-state index is 0.00936. The third-order valence-electron chi connectivity index (χ3n) is 4.62. The van der Waals surface area contributed by atoms with Gasteiger partial charge in [0.05, 0.1) is 12.2 Å². The van der Waals surface area contributed by atoms with E-state index in [0.717, 1.165) is 40.6 Å². The van der Waals surface area contributed by atoms with Crippen LogP contribution < -0.4 is 0 Å². The number of halogens is 2. The van der Waals surface area contributed by atoms with Crippen molar-refractivity contribution >= 4 is 27.5 Å². The van der Waals surface area contributed by atoms with Crippen LogP contribution in [-0.2, 0) is 11.3 Å². The summed E-state index contributed by atoms with van der Waals surface area (Å²) in [6.07, 6.45) is 4.83. The molecule has 0 aromatic heterocycles. The van der Waals surface area contributed by atoms with Gasteiger partial charge in [-0.15, -0.1) is 0 Å². The van der Waals surface area contributed by atoms with Crippen LogP contribution in [0.3, 0.4) is 0 Å². The lowest BCUT2D eigenvalue weighted by Gasteiger charge is -2.40. The van der Waals surface area contributed by atoms with Crippen LogP contribution in [-0.4, -0.2) is 10.9 Å². The molecule has 20 heavy (non-hydrogen) atoms. The molecule has 0 heterocycles. The van der Waals surface area contributed by atoms with Crippen molar-refractivity contribution in [3.8, 4) is 0 Å². The first-order valence-electron chi connectivity index (χ1n) is 7.50. The predicted molar refractivity (Wildman–Crippen MR) is 89.6 cm³/mol. The molecule has 0 spiro atoms. The average molecular weight is 360 g/mol. The van der Waals surface area contributed by atoms with Crippen LogP contribution in [0.5, 0.6) is 0 Å². The maximum atomic E-state index is 6.28. The third-order valence-corrected chi connectivity index (χ3v) is 6.01. The molecule has 0 saturated heterocycles. The van der Waals surface area contributed by atoms with Crippen molar-refractivity contribution in [1.29, 1.82) is 0 Å². The van der Waals surface area contributed by atoms with Crippen molar-refractivity contribution in [3.05, 3.63) is 34.9 Å².